The molecule has 1 heterocycles. The number of hydrogen-bond acceptors (Lipinski definition) is 3. The SMILES string of the molecule is CCc1c2c(cc(Cl)c1C(C)=O)OCO2. The van der Waals surface area contributed by atoms with Crippen molar-refractivity contribution in [3.63, 3.8) is 0 Å². The van der Waals surface area contributed by atoms with Crippen LogP contribution in [0.3, 0.4) is 0 Å². The molecular weight excluding hydrogens is 216 g/mol. The average Bonchev–Trinajstić information content (AvgIpc) is 2.62. The van der Waals surface area contributed by atoms with Crippen LogP contribution in [-0.2, 0) is 6.42 Å². The van der Waals surface area contributed by atoms with E-state index >= 15 is 0 Å². The molecule has 0 amide bonds. The molecule has 0 aromatic heterocycles. The molecule has 0 N–H and O–H groups in total. The second-order valence-corrected chi connectivity index (χ2v) is 3.76. The lowest BCUT2D eigenvalue weighted by atomic mass is 10.0. The van der Waals surface area contributed by atoms with E-state index in [2.05, 4.69) is 0 Å². The first-order valence-corrected chi connectivity index (χ1v) is 5.14. The molecular formula is C11H11ClO3. The maximum atomic E-state index is 11.5. The number of ether oxygens (including phenoxy) is 2. The second kappa shape index (κ2) is 3.74. The molecule has 0 saturated carbocycles. The normalized spacial score (nSPS) is 13.0. The standard InChI is InChI=1S/C11H11ClO3/c1-3-7-10(6(2)13)8(12)4-9-11(7)15-5-14-9/h4H,3,5H2,1-2H3. The third-order valence-electron chi connectivity index (χ3n) is 2.42. The molecule has 1 aromatic carbocycles. The lowest BCUT2D eigenvalue weighted by Crippen LogP contribution is -2.01. The van der Waals surface area contributed by atoms with Gasteiger partial charge in [-0.2, -0.15) is 0 Å². The van der Waals surface area contributed by atoms with Gasteiger partial charge >= 0.3 is 0 Å². The molecule has 0 aliphatic carbocycles. The number of ketones is 1. The number of rotatable bonds is 2. The molecule has 0 bridgehead atoms. The summed E-state index contributed by atoms with van der Waals surface area (Å²) in [5.41, 5.74) is 1.38. The van der Waals surface area contributed by atoms with Crippen LogP contribution in [0.15, 0.2) is 6.07 Å². The van der Waals surface area contributed by atoms with Crippen LogP contribution in [0.2, 0.25) is 5.02 Å². The van der Waals surface area contributed by atoms with Gasteiger partial charge in [-0.25, -0.2) is 0 Å². The maximum absolute atomic E-state index is 11.5. The minimum absolute atomic E-state index is 0.0462. The zero-order chi connectivity index (χ0) is 11.0. The lowest BCUT2D eigenvalue weighted by molar-refractivity contribution is 0.101. The van der Waals surface area contributed by atoms with E-state index < -0.39 is 0 Å². The number of carbonyl (C=O) groups excluding carboxylic acids is 1. The number of hydrogen-bond donors (Lipinski definition) is 0. The molecule has 0 atom stereocenters. The molecule has 3 nitrogen and oxygen atoms in total. The summed E-state index contributed by atoms with van der Waals surface area (Å²) in [6, 6.07) is 1.64. The van der Waals surface area contributed by atoms with E-state index in [0.717, 1.165) is 5.56 Å². The molecule has 2 rings (SSSR count). The third-order valence-corrected chi connectivity index (χ3v) is 2.72. The van der Waals surface area contributed by atoms with Crippen molar-refractivity contribution in [2.75, 3.05) is 6.79 Å². The zero-order valence-electron chi connectivity index (χ0n) is 8.59. The van der Waals surface area contributed by atoms with Gasteiger partial charge in [0.05, 0.1) is 5.02 Å². The Balaban J connectivity index is 2.69. The Bertz CT molecular complexity index is 426. The Morgan fingerprint density at radius 3 is 2.87 bits per heavy atom. The first-order valence-electron chi connectivity index (χ1n) is 4.77. The van der Waals surface area contributed by atoms with Crippen LogP contribution in [0, 0.1) is 0 Å². The predicted molar refractivity (Wildman–Crippen MR) is 57.0 cm³/mol. The first kappa shape index (κ1) is 10.3. The van der Waals surface area contributed by atoms with Crippen LogP contribution in [0.1, 0.15) is 29.8 Å². The van der Waals surface area contributed by atoms with Crippen molar-refractivity contribution in [2.45, 2.75) is 20.3 Å². The number of carbonyl (C=O) groups is 1. The van der Waals surface area contributed by atoms with E-state index in [9.17, 15) is 4.79 Å². The molecule has 1 aliphatic heterocycles. The van der Waals surface area contributed by atoms with Gasteiger partial charge in [-0.15, -0.1) is 0 Å². The number of Topliss-reactive ketones (excluding diaryl/α,β-unsaturated/α-hetero) is 1. The highest BCUT2D eigenvalue weighted by atomic mass is 35.5. The summed E-state index contributed by atoms with van der Waals surface area (Å²) >= 11 is 6.03. The monoisotopic (exact) mass is 226 g/mol. The van der Waals surface area contributed by atoms with Crippen LogP contribution in [0.25, 0.3) is 0 Å². The molecule has 0 fully saturated rings. The van der Waals surface area contributed by atoms with Gasteiger partial charge in [-0.3, -0.25) is 4.79 Å². The molecule has 0 unspecified atom stereocenters. The van der Waals surface area contributed by atoms with Crippen LogP contribution < -0.4 is 9.47 Å². The second-order valence-electron chi connectivity index (χ2n) is 3.36. The van der Waals surface area contributed by atoms with Gasteiger partial charge in [0.1, 0.15) is 0 Å². The molecule has 0 spiro atoms. The van der Waals surface area contributed by atoms with Crippen LogP contribution in [0.5, 0.6) is 11.5 Å². The minimum Gasteiger partial charge on any atom is -0.454 e. The van der Waals surface area contributed by atoms with Gasteiger partial charge in [-0.05, 0) is 13.3 Å². The average molecular weight is 227 g/mol. The quantitative estimate of drug-likeness (QED) is 0.728. The van der Waals surface area contributed by atoms with Crippen molar-refractivity contribution in [1.82, 2.24) is 0 Å². The predicted octanol–water partition coefficient (Wildman–Crippen LogP) is 2.83. The first-order chi connectivity index (χ1) is 7.15. The Hall–Kier alpha value is -1.22. The fourth-order valence-electron chi connectivity index (χ4n) is 1.79. The van der Waals surface area contributed by atoms with E-state index in [1.807, 2.05) is 6.92 Å². The Morgan fingerprint density at radius 2 is 2.27 bits per heavy atom. The fourth-order valence-corrected chi connectivity index (χ4v) is 2.14. The van der Waals surface area contributed by atoms with E-state index in [1.54, 1.807) is 6.07 Å². The molecule has 1 aromatic rings. The van der Waals surface area contributed by atoms with E-state index in [-0.39, 0.29) is 12.6 Å². The lowest BCUT2D eigenvalue weighted by Gasteiger charge is -2.10. The Kier molecular flexibility index (Phi) is 2.57. The minimum atomic E-state index is -0.0462. The fraction of sp³-hybridized carbons (Fsp3) is 0.364. The van der Waals surface area contributed by atoms with Crippen LogP contribution in [-0.4, -0.2) is 12.6 Å². The van der Waals surface area contributed by atoms with Crippen molar-refractivity contribution >= 4 is 17.4 Å². The number of fused-ring (bicyclic) bond motifs is 1. The van der Waals surface area contributed by atoms with Gasteiger partial charge < -0.3 is 9.47 Å². The van der Waals surface area contributed by atoms with E-state index in [4.69, 9.17) is 21.1 Å². The third kappa shape index (κ3) is 1.57. The molecule has 0 radical (unpaired) electrons. The highest BCUT2D eigenvalue weighted by Crippen LogP contribution is 2.41. The van der Waals surface area contributed by atoms with Crippen molar-refractivity contribution < 1.29 is 14.3 Å². The summed E-state index contributed by atoms with van der Waals surface area (Å²) in [5, 5.41) is 0.434. The zero-order valence-corrected chi connectivity index (χ0v) is 9.35. The summed E-state index contributed by atoms with van der Waals surface area (Å²) in [7, 11) is 0. The summed E-state index contributed by atoms with van der Waals surface area (Å²) in [5.74, 6) is 1.24. The molecule has 0 saturated heterocycles. The van der Waals surface area contributed by atoms with Crippen molar-refractivity contribution in [3.8, 4) is 11.5 Å². The van der Waals surface area contributed by atoms with Crippen molar-refractivity contribution in [1.29, 1.82) is 0 Å². The number of benzene rings is 1. The summed E-state index contributed by atoms with van der Waals surface area (Å²) in [4.78, 5) is 11.5. The van der Waals surface area contributed by atoms with Gasteiger partial charge in [0.25, 0.3) is 0 Å². The maximum Gasteiger partial charge on any atom is 0.231 e. The molecule has 80 valence electrons. The summed E-state index contributed by atoms with van der Waals surface area (Å²) in [6.45, 7) is 3.66. The topological polar surface area (TPSA) is 35.5 Å². The summed E-state index contributed by atoms with van der Waals surface area (Å²) < 4.78 is 10.6. The van der Waals surface area contributed by atoms with Crippen molar-refractivity contribution in [3.05, 3.63) is 22.2 Å². The Labute approximate surface area is 92.9 Å². The van der Waals surface area contributed by atoms with Crippen LogP contribution in [0.4, 0.5) is 0 Å². The smallest absolute Gasteiger partial charge is 0.231 e. The van der Waals surface area contributed by atoms with E-state index in [1.165, 1.54) is 6.92 Å². The van der Waals surface area contributed by atoms with Gasteiger partial charge in [-0.1, -0.05) is 18.5 Å². The van der Waals surface area contributed by atoms with Gasteiger partial charge in [0, 0.05) is 17.2 Å². The largest absolute Gasteiger partial charge is 0.454 e. The van der Waals surface area contributed by atoms with Crippen molar-refractivity contribution in [2.24, 2.45) is 0 Å². The summed E-state index contributed by atoms with van der Waals surface area (Å²) in [6.07, 6.45) is 0.696. The molecule has 4 heteroatoms. The molecule has 15 heavy (non-hydrogen) atoms. The highest BCUT2D eigenvalue weighted by Gasteiger charge is 2.24. The Morgan fingerprint density at radius 1 is 1.53 bits per heavy atom. The molecule has 1 aliphatic rings. The van der Waals surface area contributed by atoms with Gasteiger partial charge in [0.15, 0.2) is 17.3 Å². The van der Waals surface area contributed by atoms with E-state index in [0.29, 0.717) is 28.5 Å². The van der Waals surface area contributed by atoms with Gasteiger partial charge in [0.2, 0.25) is 6.79 Å². The number of halogens is 1. The van der Waals surface area contributed by atoms with Crippen LogP contribution >= 0.6 is 11.6 Å². The highest BCUT2D eigenvalue weighted by molar-refractivity contribution is 6.34.